The van der Waals surface area contributed by atoms with Gasteiger partial charge in [-0.3, -0.25) is 10.1 Å². The van der Waals surface area contributed by atoms with Crippen molar-refractivity contribution in [2.75, 3.05) is 0 Å². The third-order valence-corrected chi connectivity index (χ3v) is 2.42. The van der Waals surface area contributed by atoms with Gasteiger partial charge in [0.2, 0.25) is 5.75 Å². The van der Waals surface area contributed by atoms with E-state index in [1.807, 2.05) is 22.6 Å². The maximum Gasteiger partial charge on any atom is 0.315 e. The van der Waals surface area contributed by atoms with Crippen molar-refractivity contribution in [2.45, 2.75) is 18.9 Å². The van der Waals surface area contributed by atoms with Gasteiger partial charge in [-0.2, -0.15) is 0 Å². The van der Waals surface area contributed by atoms with E-state index in [2.05, 4.69) is 4.98 Å². The quantitative estimate of drug-likeness (QED) is 0.371. The van der Waals surface area contributed by atoms with Crippen LogP contribution in [0.2, 0.25) is 0 Å². The van der Waals surface area contributed by atoms with Crippen LogP contribution >= 0.6 is 22.6 Å². The molecule has 0 aromatic carbocycles. The second kappa shape index (κ2) is 3.68. The van der Waals surface area contributed by atoms with Gasteiger partial charge in [0.25, 0.3) is 0 Å². The van der Waals surface area contributed by atoms with Crippen LogP contribution in [0.3, 0.4) is 0 Å². The Morgan fingerprint density at radius 1 is 1.64 bits per heavy atom. The zero-order valence-electron chi connectivity index (χ0n) is 7.14. The first kappa shape index (κ1) is 9.63. The summed E-state index contributed by atoms with van der Waals surface area (Å²) < 4.78 is 5.96. The highest BCUT2D eigenvalue weighted by molar-refractivity contribution is 14.1. The maximum absolute atomic E-state index is 10.7. The van der Waals surface area contributed by atoms with Crippen LogP contribution in [0.5, 0.6) is 5.75 Å². The lowest BCUT2D eigenvalue weighted by Crippen LogP contribution is -2.01. The first-order valence-electron chi connectivity index (χ1n) is 4.13. The van der Waals surface area contributed by atoms with Crippen LogP contribution in [-0.4, -0.2) is 16.0 Å². The zero-order valence-corrected chi connectivity index (χ0v) is 9.30. The van der Waals surface area contributed by atoms with Gasteiger partial charge in [0.1, 0.15) is 3.70 Å². The fraction of sp³-hybridized carbons (Fsp3) is 0.375. The van der Waals surface area contributed by atoms with Crippen molar-refractivity contribution in [3.05, 3.63) is 26.1 Å². The molecule has 74 valence electrons. The van der Waals surface area contributed by atoms with Crippen LogP contribution in [0.15, 0.2) is 12.3 Å². The van der Waals surface area contributed by atoms with E-state index in [4.69, 9.17) is 4.74 Å². The first-order chi connectivity index (χ1) is 6.66. The van der Waals surface area contributed by atoms with Crippen molar-refractivity contribution < 1.29 is 9.66 Å². The molecule has 1 aromatic rings. The van der Waals surface area contributed by atoms with Crippen molar-refractivity contribution in [1.29, 1.82) is 0 Å². The molecule has 14 heavy (non-hydrogen) atoms. The number of hydrogen-bond acceptors (Lipinski definition) is 4. The number of aromatic nitrogens is 1. The van der Waals surface area contributed by atoms with E-state index in [-0.39, 0.29) is 17.5 Å². The summed E-state index contributed by atoms with van der Waals surface area (Å²) >= 11 is 1.93. The van der Waals surface area contributed by atoms with Crippen molar-refractivity contribution in [3.8, 4) is 5.75 Å². The second-order valence-electron chi connectivity index (χ2n) is 3.05. The molecule has 1 aliphatic carbocycles. The molecule has 0 amide bonds. The molecule has 2 rings (SSSR count). The molecule has 0 saturated heterocycles. The number of nitrogens with zero attached hydrogens (tertiary/aromatic N) is 2. The average molecular weight is 306 g/mol. The molecule has 5 nitrogen and oxygen atoms in total. The summed E-state index contributed by atoms with van der Waals surface area (Å²) in [6.07, 6.45) is 3.51. The Morgan fingerprint density at radius 3 is 2.93 bits per heavy atom. The number of nitro groups is 1. The largest absolute Gasteiger partial charge is 0.482 e. The van der Waals surface area contributed by atoms with Crippen molar-refractivity contribution in [2.24, 2.45) is 0 Å². The molecule has 0 spiro atoms. The third kappa shape index (κ3) is 2.11. The summed E-state index contributed by atoms with van der Waals surface area (Å²) in [6.45, 7) is 0. The molecule has 1 saturated carbocycles. The smallest absolute Gasteiger partial charge is 0.315 e. The summed E-state index contributed by atoms with van der Waals surface area (Å²) in [5.41, 5.74) is -0.00343. The summed E-state index contributed by atoms with van der Waals surface area (Å²) in [5, 5.41) is 10.7. The Hall–Kier alpha value is -0.920. The molecule has 0 radical (unpaired) electrons. The van der Waals surface area contributed by atoms with E-state index in [0.717, 1.165) is 12.8 Å². The fourth-order valence-electron chi connectivity index (χ4n) is 1.01. The monoisotopic (exact) mass is 306 g/mol. The van der Waals surface area contributed by atoms with Crippen molar-refractivity contribution in [1.82, 2.24) is 4.98 Å². The van der Waals surface area contributed by atoms with Gasteiger partial charge in [-0.1, -0.05) is 0 Å². The lowest BCUT2D eigenvalue weighted by atomic mass is 10.4. The van der Waals surface area contributed by atoms with Crippen LogP contribution in [0.4, 0.5) is 5.69 Å². The van der Waals surface area contributed by atoms with Crippen molar-refractivity contribution >= 4 is 28.3 Å². The van der Waals surface area contributed by atoms with Gasteiger partial charge in [0, 0.05) is 0 Å². The van der Waals surface area contributed by atoms with E-state index in [9.17, 15) is 10.1 Å². The van der Waals surface area contributed by atoms with Crippen LogP contribution < -0.4 is 4.74 Å². The molecule has 6 heteroatoms. The first-order valence-corrected chi connectivity index (χ1v) is 5.21. The van der Waals surface area contributed by atoms with Crippen LogP contribution in [0.25, 0.3) is 0 Å². The number of pyridine rings is 1. The number of rotatable bonds is 3. The summed E-state index contributed by atoms with van der Waals surface area (Å²) in [5.74, 6) is 0.276. The average Bonchev–Trinajstić information content (AvgIpc) is 2.91. The highest BCUT2D eigenvalue weighted by Crippen LogP contribution is 2.33. The van der Waals surface area contributed by atoms with E-state index in [1.165, 1.54) is 12.3 Å². The lowest BCUT2D eigenvalue weighted by molar-refractivity contribution is -0.386. The summed E-state index contributed by atoms with van der Waals surface area (Å²) in [4.78, 5) is 14.2. The zero-order chi connectivity index (χ0) is 10.1. The minimum atomic E-state index is -0.443. The Balaban J connectivity index is 2.31. The molecule has 0 aliphatic heterocycles. The molecule has 0 bridgehead atoms. The Bertz CT molecular complexity index is 379. The molecule has 1 aliphatic rings. The van der Waals surface area contributed by atoms with Gasteiger partial charge in [-0.25, -0.2) is 4.98 Å². The maximum atomic E-state index is 10.7. The molecular weight excluding hydrogens is 299 g/mol. The molecule has 1 fully saturated rings. The minimum absolute atomic E-state index is 0.00343. The van der Waals surface area contributed by atoms with Gasteiger partial charge >= 0.3 is 5.69 Å². The van der Waals surface area contributed by atoms with Crippen LogP contribution in [0, 0.1) is 13.8 Å². The number of hydrogen-bond donors (Lipinski definition) is 0. The van der Waals surface area contributed by atoms with Crippen molar-refractivity contribution in [3.63, 3.8) is 0 Å². The highest BCUT2D eigenvalue weighted by Gasteiger charge is 2.27. The van der Waals surface area contributed by atoms with E-state index < -0.39 is 4.92 Å². The molecule has 0 atom stereocenters. The predicted molar refractivity (Wildman–Crippen MR) is 57.3 cm³/mol. The number of ether oxygens (including phenoxy) is 1. The molecule has 1 heterocycles. The number of halogens is 1. The topological polar surface area (TPSA) is 65.3 Å². The molecule has 0 unspecified atom stereocenters. The van der Waals surface area contributed by atoms with E-state index >= 15 is 0 Å². The third-order valence-electron chi connectivity index (χ3n) is 1.83. The Labute approximate surface area is 93.8 Å². The standard InChI is InChI=1S/C8H7IN2O3/c9-8-3-6(11(12)13)7(4-10-8)14-5-1-2-5/h3-5H,1-2H2. The highest BCUT2D eigenvalue weighted by atomic mass is 127. The predicted octanol–water partition coefficient (Wildman–Crippen LogP) is 2.14. The fourth-order valence-corrected chi connectivity index (χ4v) is 1.44. The van der Waals surface area contributed by atoms with Gasteiger partial charge in [0.15, 0.2) is 0 Å². The summed E-state index contributed by atoms with van der Waals surface area (Å²) in [7, 11) is 0. The lowest BCUT2D eigenvalue weighted by Gasteiger charge is -2.03. The van der Waals surface area contributed by atoms with Gasteiger partial charge in [-0.15, -0.1) is 0 Å². The van der Waals surface area contributed by atoms with Crippen LogP contribution in [0.1, 0.15) is 12.8 Å². The second-order valence-corrected chi connectivity index (χ2v) is 4.15. The SMILES string of the molecule is O=[N+]([O-])c1cc(I)ncc1OC1CC1. The minimum Gasteiger partial charge on any atom is -0.482 e. The van der Waals surface area contributed by atoms with Gasteiger partial charge in [-0.05, 0) is 35.4 Å². The van der Waals surface area contributed by atoms with Crippen LogP contribution in [-0.2, 0) is 0 Å². The molecule has 1 aromatic heterocycles. The van der Waals surface area contributed by atoms with E-state index in [0.29, 0.717) is 3.70 Å². The molecular formula is C8H7IN2O3. The normalized spacial score (nSPS) is 15.2. The molecule has 0 N–H and O–H groups in total. The van der Waals surface area contributed by atoms with Gasteiger partial charge in [0.05, 0.1) is 23.3 Å². The van der Waals surface area contributed by atoms with E-state index in [1.54, 1.807) is 0 Å². The Kier molecular flexibility index (Phi) is 2.53. The van der Waals surface area contributed by atoms with Gasteiger partial charge < -0.3 is 4.74 Å². The summed E-state index contributed by atoms with van der Waals surface area (Å²) in [6, 6.07) is 1.41. The Morgan fingerprint density at radius 2 is 2.36 bits per heavy atom.